The summed E-state index contributed by atoms with van der Waals surface area (Å²) in [6.07, 6.45) is 1.92. The van der Waals surface area contributed by atoms with Gasteiger partial charge in [-0.3, -0.25) is 4.79 Å². The maximum absolute atomic E-state index is 12.2. The minimum absolute atomic E-state index is 0.0832. The number of hydrogen-bond donors (Lipinski definition) is 2. The van der Waals surface area contributed by atoms with E-state index < -0.39 is 0 Å². The highest BCUT2D eigenvalue weighted by Crippen LogP contribution is 2.33. The molecule has 0 unspecified atom stereocenters. The first-order valence-corrected chi connectivity index (χ1v) is 7.79. The molecule has 2 rings (SSSR count). The Bertz CT molecular complexity index is 587. The zero-order valence-electron chi connectivity index (χ0n) is 11.9. The minimum Gasteiger partial charge on any atom is -0.390 e. The van der Waals surface area contributed by atoms with Gasteiger partial charge in [-0.05, 0) is 24.0 Å². The number of nitrogens with one attached hydrogen (secondary N) is 1. The molecule has 3 N–H and O–H groups in total. The predicted octanol–water partition coefficient (Wildman–Crippen LogP) is 3.70. The van der Waals surface area contributed by atoms with E-state index in [4.69, 9.17) is 5.73 Å². The van der Waals surface area contributed by atoms with Crippen molar-refractivity contribution in [1.29, 1.82) is 0 Å². The minimum atomic E-state index is -0.0832. The molecule has 0 atom stereocenters. The second-order valence-corrected chi connectivity index (χ2v) is 5.61. The normalized spacial score (nSPS) is 10.5. The number of carbonyl (C=O) groups is 1. The van der Waals surface area contributed by atoms with Crippen molar-refractivity contribution < 1.29 is 4.79 Å². The number of thiophene rings is 1. The number of nitrogen functional groups attached to an aromatic ring is 1. The van der Waals surface area contributed by atoms with Crippen LogP contribution in [0.15, 0.2) is 29.6 Å². The van der Waals surface area contributed by atoms with Gasteiger partial charge in [0.2, 0.25) is 0 Å². The summed E-state index contributed by atoms with van der Waals surface area (Å²) in [6, 6.07) is 8.29. The lowest BCUT2D eigenvalue weighted by atomic mass is 10.0. The van der Waals surface area contributed by atoms with Crippen LogP contribution >= 0.6 is 11.3 Å². The average molecular weight is 288 g/mol. The maximum atomic E-state index is 12.2. The molecule has 0 bridgehead atoms. The lowest BCUT2D eigenvalue weighted by Crippen LogP contribution is -2.24. The fraction of sp³-hybridized carbons (Fsp3) is 0.312. The molecule has 0 fully saturated rings. The molecule has 1 heterocycles. The molecular formula is C16H20N2OS. The molecule has 1 aromatic heterocycles. The molecule has 4 heteroatoms. The summed E-state index contributed by atoms with van der Waals surface area (Å²) in [5.74, 6) is -0.0832. The summed E-state index contributed by atoms with van der Waals surface area (Å²) in [7, 11) is 0. The fourth-order valence-electron chi connectivity index (χ4n) is 2.07. The van der Waals surface area contributed by atoms with E-state index >= 15 is 0 Å². The van der Waals surface area contributed by atoms with Gasteiger partial charge in [0.25, 0.3) is 5.91 Å². The molecule has 0 spiro atoms. The van der Waals surface area contributed by atoms with Crippen LogP contribution in [0.5, 0.6) is 0 Å². The second kappa shape index (κ2) is 6.57. The molecule has 1 aromatic carbocycles. The van der Waals surface area contributed by atoms with Gasteiger partial charge in [0.05, 0.1) is 10.6 Å². The second-order valence-electron chi connectivity index (χ2n) is 4.70. The average Bonchev–Trinajstić information content (AvgIpc) is 2.86. The zero-order valence-corrected chi connectivity index (χ0v) is 12.7. The quantitative estimate of drug-likeness (QED) is 0.881. The SMILES string of the molecule is CCCNC(=O)c1c(-c2ccc(CC)cc2)csc1N. The van der Waals surface area contributed by atoms with Crippen molar-refractivity contribution >= 4 is 22.2 Å². The predicted molar refractivity (Wildman–Crippen MR) is 86.2 cm³/mol. The Balaban J connectivity index is 2.34. The van der Waals surface area contributed by atoms with Gasteiger partial charge in [-0.2, -0.15) is 0 Å². The molecule has 0 aliphatic carbocycles. The lowest BCUT2D eigenvalue weighted by Gasteiger charge is -2.07. The first kappa shape index (κ1) is 14.6. The molecule has 2 aromatic rings. The van der Waals surface area contributed by atoms with Crippen molar-refractivity contribution in [3.8, 4) is 11.1 Å². The van der Waals surface area contributed by atoms with Gasteiger partial charge in [-0.25, -0.2) is 0 Å². The van der Waals surface area contributed by atoms with Gasteiger partial charge >= 0.3 is 0 Å². The van der Waals surface area contributed by atoms with Crippen LogP contribution in [0.25, 0.3) is 11.1 Å². The Morgan fingerprint density at radius 2 is 1.95 bits per heavy atom. The molecule has 0 radical (unpaired) electrons. The zero-order chi connectivity index (χ0) is 14.5. The van der Waals surface area contributed by atoms with Crippen LogP contribution < -0.4 is 11.1 Å². The highest BCUT2D eigenvalue weighted by Gasteiger charge is 2.18. The van der Waals surface area contributed by atoms with Crippen molar-refractivity contribution in [2.45, 2.75) is 26.7 Å². The Morgan fingerprint density at radius 3 is 2.55 bits per heavy atom. The van der Waals surface area contributed by atoms with Crippen molar-refractivity contribution in [3.05, 3.63) is 40.8 Å². The van der Waals surface area contributed by atoms with Crippen LogP contribution in [0, 0.1) is 0 Å². The Morgan fingerprint density at radius 1 is 1.25 bits per heavy atom. The van der Waals surface area contributed by atoms with Gasteiger partial charge in [0.15, 0.2) is 0 Å². The van der Waals surface area contributed by atoms with Gasteiger partial charge < -0.3 is 11.1 Å². The van der Waals surface area contributed by atoms with Crippen molar-refractivity contribution in [3.63, 3.8) is 0 Å². The standard InChI is InChI=1S/C16H20N2OS/c1-3-9-18-16(19)14-13(10-20-15(14)17)12-7-5-11(4-2)6-8-12/h5-8,10H,3-4,9,17H2,1-2H3,(H,18,19). The molecule has 0 aliphatic heterocycles. The number of nitrogens with two attached hydrogens (primary N) is 1. The van der Waals surface area contributed by atoms with Gasteiger partial charge in [0, 0.05) is 17.5 Å². The monoisotopic (exact) mass is 288 g/mol. The molecule has 1 amide bonds. The van der Waals surface area contributed by atoms with E-state index in [-0.39, 0.29) is 5.91 Å². The van der Waals surface area contributed by atoms with E-state index in [9.17, 15) is 4.79 Å². The Labute approximate surface area is 123 Å². The van der Waals surface area contributed by atoms with E-state index in [1.165, 1.54) is 16.9 Å². The van der Waals surface area contributed by atoms with Crippen molar-refractivity contribution in [2.24, 2.45) is 0 Å². The number of benzene rings is 1. The van der Waals surface area contributed by atoms with Crippen LogP contribution in [0.2, 0.25) is 0 Å². The molecular weight excluding hydrogens is 268 g/mol. The third kappa shape index (κ3) is 3.02. The number of anilines is 1. The summed E-state index contributed by atoms with van der Waals surface area (Å²) in [5, 5.41) is 5.43. The van der Waals surface area contributed by atoms with Crippen LogP contribution in [0.4, 0.5) is 5.00 Å². The summed E-state index contributed by atoms with van der Waals surface area (Å²) in [5.41, 5.74) is 9.81. The van der Waals surface area contributed by atoms with Gasteiger partial charge in [-0.15, -0.1) is 11.3 Å². The molecule has 0 saturated heterocycles. The smallest absolute Gasteiger partial charge is 0.254 e. The number of hydrogen-bond acceptors (Lipinski definition) is 3. The number of carbonyl (C=O) groups excluding carboxylic acids is 1. The van der Waals surface area contributed by atoms with E-state index in [0.717, 1.165) is 24.0 Å². The molecule has 106 valence electrons. The van der Waals surface area contributed by atoms with Crippen LogP contribution in [-0.4, -0.2) is 12.5 Å². The Hall–Kier alpha value is -1.81. The topological polar surface area (TPSA) is 55.1 Å². The van der Waals surface area contributed by atoms with E-state index in [1.807, 2.05) is 12.3 Å². The molecule has 0 saturated carbocycles. The van der Waals surface area contributed by atoms with E-state index in [1.54, 1.807) is 0 Å². The first-order valence-electron chi connectivity index (χ1n) is 6.91. The molecule has 20 heavy (non-hydrogen) atoms. The van der Waals surface area contributed by atoms with Crippen molar-refractivity contribution in [2.75, 3.05) is 12.3 Å². The number of rotatable bonds is 5. The van der Waals surface area contributed by atoms with Crippen LogP contribution in [-0.2, 0) is 6.42 Å². The molecule has 0 aliphatic rings. The molecule has 3 nitrogen and oxygen atoms in total. The third-order valence-corrected chi connectivity index (χ3v) is 4.07. The van der Waals surface area contributed by atoms with Crippen molar-refractivity contribution in [1.82, 2.24) is 5.32 Å². The fourth-order valence-corrected chi connectivity index (χ4v) is 2.89. The Kier molecular flexibility index (Phi) is 4.79. The summed E-state index contributed by atoms with van der Waals surface area (Å²) < 4.78 is 0. The van der Waals surface area contributed by atoms with E-state index in [0.29, 0.717) is 17.1 Å². The summed E-state index contributed by atoms with van der Waals surface area (Å²) >= 11 is 1.41. The maximum Gasteiger partial charge on any atom is 0.254 e. The number of amides is 1. The highest BCUT2D eigenvalue weighted by atomic mass is 32.1. The van der Waals surface area contributed by atoms with Gasteiger partial charge in [-0.1, -0.05) is 38.1 Å². The lowest BCUT2D eigenvalue weighted by molar-refractivity contribution is 0.0955. The number of aryl methyl sites for hydroxylation is 1. The summed E-state index contributed by atoms with van der Waals surface area (Å²) in [6.45, 7) is 4.82. The third-order valence-electron chi connectivity index (χ3n) is 3.26. The first-order chi connectivity index (χ1) is 9.67. The van der Waals surface area contributed by atoms with Crippen LogP contribution in [0.1, 0.15) is 36.2 Å². The van der Waals surface area contributed by atoms with E-state index in [2.05, 4.69) is 36.5 Å². The largest absolute Gasteiger partial charge is 0.390 e. The van der Waals surface area contributed by atoms with Gasteiger partial charge in [0.1, 0.15) is 0 Å². The summed E-state index contributed by atoms with van der Waals surface area (Å²) in [4.78, 5) is 12.2. The highest BCUT2D eigenvalue weighted by molar-refractivity contribution is 7.15. The van der Waals surface area contributed by atoms with Crippen LogP contribution in [0.3, 0.4) is 0 Å².